The SMILES string of the molecule is CN(C)CCN=C1NC2(CCCC2)CS1. The quantitative estimate of drug-likeness (QED) is 0.793. The molecule has 1 aliphatic carbocycles. The Morgan fingerprint density at radius 1 is 1.40 bits per heavy atom. The van der Waals surface area contributed by atoms with E-state index in [0.29, 0.717) is 5.54 Å². The van der Waals surface area contributed by atoms with Gasteiger partial charge in [0, 0.05) is 17.8 Å². The van der Waals surface area contributed by atoms with Crippen molar-refractivity contribution in [1.29, 1.82) is 0 Å². The summed E-state index contributed by atoms with van der Waals surface area (Å²) >= 11 is 1.91. The van der Waals surface area contributed by atoms with Crippen LogP contribution in [0.25, 0.3) is 0 Å². The fraction of sp³-hybridized carbons (Fsp3) is 0.909. The number of hydrogen-bond donors (Lipinski definition) is 1. The molecule has 4 heteroatoms. The van der Waals surface area contributed by atoms with Crippen molar-refractivity contribution in [3.05, 3.63) is 0 Å². The number of nitrogens with one attached hydrogen (secondary N) is 1. The van der Waals surface area contributed by atoms with Crippen LogP contribution in [0.3, 0.4) is 0 Å². The smallest absolute Gasteiger partial charge is 0.157 e. The van der Waals surface area contributed by atoms with Crippen LogP contribution in [0, 0.1) is 0 Å². The zero-order valence-electron chi connectivity index (χ0n) is 9.75. The molecule has 1 saturated carbocycles. The summed E-state index contributed by atoms with van der Waals surface area (Å²) in [4.78, 5) is 6.78. The first-order chi connectivity index (χ1) is 7.20. The molecule has 86 valence electrons. The molecule has 0 aromatic rings. The number of rotatable bonds is 3. The number of aliphatic imine (C=N–C) groups is 1. The maximum Gasteiger partial charge on any atom is 0.157 e. The zero-order valence-corrected chi connectivity index (χ0v) is 10.6. The summed E-state index contributed by atoms with van der Waals surface area (Å²) in [6.07, 6.45) is 5.45. The van der Waals surface area contributed by atoms with Gasteiger partial charge in [0.25, 0.3) is 0 Å². The molecule has 0 aromatic heterocycles. The highest BCUT2D eigenvalue weighted by Gasteiger charge is 2.39. The topological polar surface area (TPSA) is 27.6 Å². The summed E-state index contributed by atoms with van der Waals surface area (Å²) in [5.41, 5.74) is 0.418. The van der Waals surface area contributed by atoms with Gasteiger partial charge < -0.3 is 10.2 Å². The van der Waals surface area contributed by atoms with Gasteiger partial charge in [-0.3, -0.25) is 4.99 Å². The maximum atomic E-state index is 4.61. The molecule has 0 atom stereocenters. The molecule has 0 aromatic carbocycles. The van der Waals surface area contributed by atoms with E-state index in [2.05, 4.69) is 29.3 Å². The van der Waals surface area contributed by atoms with E-state index in [0.717, 1.165) is 13.1 Å². The molecule has 1 aliphatic heterocycles. The monoisotopic (exact) mass is 227 g/mol. The van der Waals surface area contributed by atoms with Crippen LogP contribution in [-0.4, -0.2) is 48.5 Å². The van der Waals surface area contributed by atoms with Gasteiger partial charge in [0.05, 0.1) is 6.54 Å². The van der Waals surface area contributed by atoms with Crippen LogP contribution in [0.2, 0.25) is 0 Å². The van der Waals surface area contributed by atoms with Gasteiger partial charge in [-0.15, -0.1) is 0 Å². The van der Waals surface area contributed by atoms with Gasteiger partial charge in [-0.05, 0) is 26.9 Å². The normalized spacial score (nSPS) is 26.7. The second-order valence-corrected chi connectivity index (χ2v) is 5.86. The highest BCUT2D eigenvalue weighted by Crippen LogP contribution is 2.37. The predicted molar refractivity (Wildman–Crippen MR) is 67.6 cm³/mol. The van der Waals surface area contributed by atoms with Crippen molar-refractivity contribution in [2.75, 3.05) is 32.9 Å². The summed E-state index contributed by atoms with van der Waals surface area (Å²) in [6, 6.07) is 0. The van der Waals surface area contributed by atoms with E-state index >= 15 is 0 Å². The van der Waals surface area contributed by atoms with E-state index in [9.17, 15) is 0 Å². The van der Waals surface area contributed by atoms with Crippen molar-refractivity contribution in [1.82, 2.24) is 10.2 Å². The third-order valence-corrected chi connectivity index (χ3v) is 4.42. The Morgan fingerprint density at radius 3 is 2.80 bits per heavy atom. The van der Waals surface area contributed by atoms with Crippen LogP contribution in [0.15, 0.2) is 4.99 Å². The van der Waals surface area contributed by atoms with Crippen molar-refractivity contribution in [3.63, 3.8) is 0 Å². The first-order valence-electron chi connectivity index (χ1n) is 5.80. The summed E-state index contributed by atoms with van der Waals surface area (Å²) in [5, 5.41) is 4.81. The first kappa shape index (κ1) is 11.3. The van der Waals surface area contributed by atoms with Crippen LogP contribution in [0.5, 0.6) is 0 Å². The van der Waals surface area contributed by atoms with Gasteiger partial charge in [0.2, 0.25) is 0 Å². The third-order valence-electron chi connectivity index (χ3n) is 3.22. The fourth-order valence-electron chi connectivity index (χ4n) is 2.26. The van der Waals surface area contributed by atoms with Crippen LogP contribution >= 0.6 is 11.8 Å². The molecule has 1 saturated heterocycles. The Morgan fingerprint density at radius 2 is 2.13 bits per heavy atom. The zero-order chi connectivity index (χ0) is 10.7. The van der Waals surface area contributed by atoms with Crippen molar-refractivity contribution < 1.29 is 0 Å². The largest absolute Gasteiger partial charge is 0.359 e. The predicted octanol–water partition coefficient (Wildman–Crippen LogP) is 1.55. The lowest BCUT2D eigenvalue weighted by Crippen LogP contribution is -2.40. The molecule has 3 nitrogen and oxygen atoms in total. The minimum Gasteiger partial charge on any atom is -0.359 e. The van der Waals surface area contributed by atoms with E-state index < -0.39 is 0 Å². The van der Waals surface area contributed by atoms with Crippen molar-refractivity contribution in [3.8, 4) is 0 Å². The average molecular weight is 227 g/mol. The molecular weight excluding hydrogens is 206 g/mol. The van der Waals surface area contributed by atoms with Gasteiger partial charge in [0.1, 0.15) is 0 Å². The van der Waals surface area contributed by atoms with Crippen molar-refractivity contribution in [2.45, 2.75) is 31.2 Å². The molecule has 2 fully saturated rings. The summed E-state index contributed by atoms with van der Waals surface area (Å²) in [6.45, 7) is 1.96. The molecule has 0 unspecified atom stereocenters. The lowest BCUT2D eigenvalue weighted by molar-refractivity contribution is 0.419. The third kappa shape index (κ3) is 2.88. The van der Waals surface area contributed by atoms with Gasteiger partial charge >= 0.3 is 0 Å². The minimum absolute atomic E-state index is 0.418. The number of likely N-dealkylation sites (N-methyl/N-ethyl adjacent to an activating group) is 1. The number of amidine groups is 1. The van der Waals surface area contributed by atoms with Gasteiger partial charge in [-0.25, -0.2) is 0 Å². The first-order valence-corrected chi connectivity index (χ1v) is 6.79. The fourth-order valence-corrected chi connectivity index (χ4v) is 3.51. The standard InChI is InChI=1S/C11H21N3S/c1-14(2)8-7-12-10-13-11(9-15-10)5-3-4-6-11/h3-9H2,1-2H3,(H,12,13). The molecule has 1 heterocycles. The highest BCUT2D eigenvalue weighted by atomic mass is 32.2. The van der Waals surface area contributed by atoms with Crippen LogP contribution in [0.1, 0.15) is 25.7 Å². The Hall–Kier alpha value is -0.220. The summed E-state index contributed by atoms with van der Waals surface area (Å²) in [7, 11) is 4.18. The molecule has 2 rings (SSSR count). The van der Waals surface area contributed by atoms with E-state index in [-0.39, 0.29) is 0 Å². The Labute approximate surface area is 96.7 Å². The van der Waals surface area contributed by atoms with E-state index in [1.54, 1.807) is 0 Å². The summed E-state index contributed by atoms with van der Waals surface area (Å²) in [5.74, 6) is 1.23. The lowest BCUT2D eigenvalue weighted by atomic mass is 10.0. The highest BCUT2D eigenvalue weighted by molar-refractivity contribution is 8.14. The van der Waals surface area contributed by atoms with Crippen molar-refractivity contribution >= 4 is 16.9 Å². The van der Waals surface area contributed by atoms with Gasteiger partial charge in [0.15, 0.2) is 5.17 Å². The van der Waals surface area contributed by atoms with Crippen LogP contribution < -0.4 is 5.32 Å². The minimum atomic E-state index is 0.418. The van der Waals surface area contributed by atoms with E-state index in [1.165, 1.54) is 36.6 Å². The molecular formula is C11H21N3S. The van der Waals surface area contributed by atoms with E-state index in [1.807, 2.05) is 11.8 Å². The Kier molecular flexibility index (Phi) is 3.57. The Balaban J connectivity index is 1.81. The van der Waals surface area contributed by atoms with Crippen LogP contribution in [-0.2, 0) is 0 Å². The second kappa shape index (κ2) is 4.74. The number of nitrogens with zero attached hydrogens (tertiary/aromatic N) is 2. The number of hydrogen-bond acceptors (Lipinski definition) is 3. The Bertz CT molecular complexity index is 244. The van der Waals surface area contributed by atoms with E-state index in [4.69, 9.17) is 0 Å². The van der Waals surface area contributed by atoms with Crippen molar-refractivity contribution in [2.24, 2.45) is 4.99 Å². The van der Waals surface area contributed by atoms with Gasteiger partial charge in [-0.1, -0.05) is 24.6 Å². The summed E-state index contributed by atoms with van der Waals surface area (Å²) < 4.78 is 0. The molecule has 0 radical (unpaired) electrons. The maximum absolute atomic E-state index is 4.61. The lowest BCUT2D eigenvalue weighted by Gasteiger charge is -2.21. The number of thioether (sulfide) groups is 1. The molecule has 0 amide bonds. The molecule has 15 heavy (non-hydrogen) atoms. The van der Waals surface area contributed by atoms with Crippen LogP contribution in [0.4, 0.5) is 0 Å². The average Bonchev–Trinajstić information content (AvgIpc) is 2.78. The van der Waals surface area contributed by atoms with Gasteiger partial charge in [-0.2, -0.15) is 0 Å². The molecule has 2 aliphatic rings. The molecule has 1 spiro atoms. The molecule has 1 N–H and O–H groups in total. The molecule has 0 bridgehead atoms. The second-order valence-electron chi connectivity index (χ2n) is 4.89.